The molecule has 2 aromatic rings. The number of nitrogens with one attached hydrogen (secondary N) is 1. The maximum absolute atomic E-state index is 4.33. The number of nitrogens with zero attached hydrogens (tertiary/aromatic N) is 5. The van der Waals surface area contributed by atoms with Gasteiger partial charge in [0.25, 0.3) is 0 Å². The lowest BCUT2D eigenvalue weighted by atomic mass is 10.3. The van der Waals surface area contributed by atoms with Gasteiger partial charge in [-0.15, -0.1) is 5.10 Å². The molecule has 0 aliphatic carbocycles. The van der Waals surface area contributed by atoms with Crippen LogP contribution >= 0.6 is 11.8 Å². The van der Waals surface area contributed by atoms with Crippen molar-refractivity contribution >= 4 is 11.8 Å². The smallest absolute Gasteiger partial charge is 0.215 e. The second-order valence-electron chi connectivity index (χ2n) is 3.22. The summed E-state index contributed by atoms with van der Waals surface area (Å²) in [7, 11) is 3.71. The van der Waals surface area contributed by atoms with Crippen molar-refractivity contribution < 1.29 is 0 Å². The lowest BCUT2D eigenvalue weighted by Crippen LogP contribution is -2.05. The molecule has 2 rings (SSSR count). The lowest BCUT2D eigenvalue weighted by molar-refractivity contribution is 0.664. The molecule has 0 radical (unpaired) electrons. The molecule has 0 aliphatic heterocycles. The first kappa shape index (κ1) is 11.0. The second kappa shape index (κ2) is 5.04. The van der Waals surface area contributed by atoms with Crippen LogP contribution in [0.4, 0.5) is 0 Å². The second-order valence-corrected chi connectivity index (χ2v) is 4.21. The van der Waals surface area contributed by atoms with E-state index in [-0.39, 0.29) is 0 Å². The Morgan fingerprint density at radius 3 is 2.88 bits per heavy atom. The third-order valence-corrected chi connectivity index (χ3v) is 2.93. The van der Waals surface area contributed by atoms with Gasteiger partial charge in [0.1, 0.15) is 5.03 Å². The minimum Gasteiger partial charge on any atom is -0.316 e. The minimum atomic E-state index is 0.730. The van der Waals surface area contributed by atoms with Crippen LogP contribution in [-0.4, -0.2) is 32.2 Å². The Balaban J connectivity index is 2.08. The third kappa shape index (κ3) is 2.56. The van der Waals surface area contributed by atoms with Crippen LogP contribution in [0.15, 0.2) is 28.5 Å². The van der Waals surface area contributed by atoms with Crippen LogP contribution in [0.25, 0.3) is 0 Å². The van der Waals surface area contributed by atoms with Gasteiger partial charge in [-0.2, -0.15) is 0 Å². The highest BCUT2D eigenvalue weighted by molar-refractivity contribution is 7.99. The van der Waals surface area contributed by atoms with E-state index in [1.54, 1.807) is 11.7 Å². The van der Waals surface area contributed by atoms with Gasteiger partial charge in [-0.05, 0) is 40.9 Å². The highest BCUT2D eigenvalue weighted by Crippen LogP contribution is 2.22. The fourth-order valence-corrected chi connectivity index (χ4v) is 1.86. The van der Waals surface area contributed by atoms with Crippen LogP contribution in [0.5, 0.6) is 0 Å². The van der Waals surface area contributed by atoms with Crippen LogP contribution in [0.2, 0.25) is 0 Å². The van der Waals surface area contributed by atoms with E-state index in [4.69, 9.17) is 0 Å². The average Bonchev–Trinajstić information content (AvgIpc) is 2.68. The van der Waals surface area contributed by atoms with Crippen molar-refractivity contribution in [2.75, 3.05) is 7.05 Å². The maximum Gasteiger partial charge on any atom is 0.215 e. The first-order valence-electron chi connectivity index (χ1n) is 4.79. The van der Waals surface area contributed by atoms with Gasteiger partial charge >= 0.3 is 0 Å². The number of pyridine rings is 1. The molecule has 0 fully saturated rings. The molecular weight excluding hydrogens is 224 g/mol. The largest absolute Gasteiger partial charge is 0.316 e. The monoisotopic (exact) mass is 236 g/mol. The van der Waals surface area contributed by atoms with Crippen LogP contribution in [0.3, 0.4) is 0 Å². The van der Waals surface area contributed by atoms with Gasteiger partial charge < -0.3 is 5.32 Å². The minimum absolute atomic E-state index is 0.730. The van der Waals surface area contributed by atoms with Crippen LogP contribution < -0.4 is 5.32 Å². The summed E-state index contributed by atoms with van der Waals surface area (Å²) in [5, 5.41) is 15.9. The van der Waals surface area contributed by atoms with Crippen molar-refractivity contribution in [2.45, 2.75) is 16.7 Å². The van der Waals surface area contributed by atoms with Gasteiger partial charge in [-0.1, -0.05) is 6.07 Å². The number of tetrazole rings is 1. The first-order chi connectivity index (χ1) is 7.79. The maximum atomic E-state index is 4.33. The van der Waals surface area contributed by atoms with Crippen molar-refractivity contribution in [1.29, 1.82) is 0 Å². The van der Waals surface area contributed by atoms with Crippen molar-refractivity contribution in [1.82, 2.24) is 30.5 Å². The van der Waals surface area contributed by atoms with Gasteiger partial charge in [-0.3, -0.25) is 0 Å². The molecule has 2 heterocycles. The zero-order valence-corrected chi connectivity index (χ0v) is 9.90. The normalized spacial score (nSPS) is 10.6. The van der Waals surface area contributed by atoms with E-state index in [2.05, 4.69) is 25.8 Å². The molecule has 0 bridgehead atoms. The number of rotatable bonds is 4. The summed E-state index contributed by atoms with van der Waals surface area (Å²) in [6.07, 6.45) is 1.85. The van der Waals surface area contributed by atoms with Crippen molar-refractivity contribution in [3.05, 3.63) is 23.9 Å². The Morgan fingerprint density at radius 1 is 1.44 bits per heavy atom. The molecule has 0 atom stereocenters. The molecule has 0 aliphatic rings. The molecule has 84 valence electrons. The van der Waals surface area contributed by atoms with E-state index in [0.717, 1.165) is 22.3 Å². The fourth-order valence-electron chi connectivity index (χ4n) is 1.18. The van der Waals surface area contributed by atoms with E-state index in [1.807, 2.05) is 25.4 Å². The standard InChI is InChI=1S/C9H12N6S/c1-10-5-7-3-4-8(11-6-7)16-9-12-13-14-15(9)2/h3-4,6,10H,5H2,1-2H3. The molecule has 0 amide bonds. The fraction of sp³-hybridized carbons (Fsp3) is 0.333. The molecule has 0 saturated heterocycles. The molecule has 2 aromatic heterocycles. The Labute approximate surface area is 97.5 Å². The SMILES string of the molecule is CNCc1ccc(Sc2nnnn2C)nc1. The molecule has 0 spiro atoms. The molecule has 0 unspecified atom stereocenters. The molecule has 6 nitrogen and oxygen atoms in total. The summed E-state index contributed by atoms with van der Waals surface area (Å²) in [6.45, 7) is 0.823. The predicted octanol–water partition coefficient (Wildman–Crippen LogP) is 0.476. The van der Waals surface area contributed by atoms with Gasteiger partial charge in [0, 0.05) is 19.8 Å². The summed E-state index contributed by atoms with van der Waals surface area (Å²) >= 11 is 1.44. The Hall–Kier alpha value is -1.47. The Morgan fingerprint density at radius 2 is 2.31 bits per heavy atom. The Kier molecular flexibility index (Phi) is 3.47. The number of hydrogen-bond donors (Lipinski definition) is 1. The molecule has 0 aromatic carbocycles. The summed E-state index contributed by atoms with van der Waals surface area (Å²) in [5.41, 5.74) is 1.16. The summed E-state index contributed by atoms with van der Waals surface area (Å²) in [5.74, 6) is 0. The van der Waals surface area contributed by atoms with E-state index >= 15 is 0 Å². The average molecular weight is 236 g/mol. The first-order valence-corrected chi connectivity index (χ1v) is 5.61. The number of hydrogen-bond acceptors (Lipinski definition) is 6. The molecule has 7 heteroatoms. The molecule has 0 saturated carbocycles. The Bertz CT molecular complexity index is 451. The topological polar surface area (TPSA) is 68.5 Å². The van der Waals surface area contributed by atoms with E-state index in [9.17, 15) is 0 Å². The van der Waals surface area contributed by atoms with Gasteiger partial charge in [-0.25, -0.2) is 9.67 Å². The molecular formula is C9H12N6S. The van der Waals surface area contributed by atoms with Crippen LogP contribution in [0.1, 0.15) is 5.56 Å². The number of aromatic nitrogens is 5. The molecule has 16 heavy (non-hydrogen) atoms. The summed E-state index contributed by atoms with van der Waals surface area (Å²) in [4.78, 5) is 4.33. The highest BCUT2D eigenvalue weighted by Gasteiger charge is 2.05. The molecule has 1 N–H and O–H groups in total. The quantitative estimate of drug-likeness (QED) is 0.832. The number of aryl methyl sites for hydroxylation is 1. The van der Waals surface area contributed by atoms with Crippen LogP contribution in [0, 0.1) is 0 Å². The van der Waals surface area contributed by atoms with Gasteiger partial charge in [0.2, 0.25) is 5.16 Å². The van der Waals surface area contributed by atoms with Gasteiger partial charge in [0.15, 0.2) is 0 Å². The highest BCUT2D eigenvalue weighted by atomic mass is 32.2. The van der Waals surface area contributed by atoms with E-state index in [1.165, 1.54) is 11.8 Å². The van der Waals surface area contributed by atoms with Crippen molar-refractivity contribution in [3.63, 3.8) is 0 Å². The zero-order valence-electron chi connectivity index (χ0n) is 9.08. The zero-order chi connectivity index (χ0) is 11.4. The summed E-state index contributed by atoms with van der Waals surface area (Å²) < 4.78 is 1.62. The third-order valence-electron chi connectivity index (χ3n) is 1.96. The van der Waals surface area contributed by atoms with E-state index < -0.39 is 0 Å². The van der Waals surface area contributed by atoms with Crippen molar-refractivity contribution in [3.8, 4) is 0 Å². The van der Waals surface area contributed by atoms with E-state index in [0.29, 0.717) is 0 Å². The van der Waals surface area contributed by atoms with Crippen LogP contribution in [-0.2, 0) is 13.6 Å². The van der Waals surface area contributed by atoms with Crippen molar-refractivity contribution in [2.24, 2.45) is 7.05 Å². The predicted molar refractivity (Wildman–Crippen MR) is 59.9 cm³/mol. The van der Waals surface area contributed by atoms with Gasteiger partial charge in [0.05, 0.1) is 0 Å². The summed E-state index contributed by atoms with van der Waals surface area (Å²) in [6, 6.07) is 4.00. The lowest BCUT2D eigenvalue weighted by Gasteiger charge is -2.01.